The van der Waals surface area contributed by atoms with Crippen molar-refractivity contribution in [3.63, 3.8) is 0 Å². The number of rotatable bonds is 6. The van der Waals surface area contributed by atoms with E-state index in [-0.39, 0.29) is 18.5 Å². The fraction of sp³-hybridized carbons (Fsp3) is 0.263. The number of nitrogens with one attached hydrogen (secondary N) is 1. The van der Waals surface area contributed by atoms with Gasteiger partial charge in [-0.1, -0.05) is 23.7 Å². The first-order valence-corrected chi connectivity index (χ1v) is 8.80. The Morgan fingerprint density at radius 3 is 2.62 bits per heavy atom. The summed E-state index contributed by atoms with van der Waals surface area (Å²) < 4.78 is 5.50. The Morgan fingerprint density at radius 2 is 1.88 bits per heavy atom. The number of carbonyl (C=O) groups excluding carboxylic acids is 2. The molecule has 26 heavy (non-hydrogen) atoms. The third kappa shape index (κ3) is 4.08. The highest BCUT2D eigenvalue weighted by Gasteiger charge is 2.30. The first-order valence-electron chi connectivity index (χ1n) is 8.42. The molecule has 0 saturated carbocycles. The molecule has 0 bridgehead atoms. The average molecular weight is 374 g/mol. The molecule has 0 radical (unpaired) electrons. The van der Waals surface area contributed by atoms with Crippen LogP contribution in [0.25, 0.3) is 0 Å². The summed E-state index contributed by atoms with van der Waals surface area (Å²) in [5.74, 6) is 0.349. The van der Waals surface area contributed by atoms with E-state index >= 15 is 0 Å². The zero-order valence-electron chi connectivity index (χ0n) is 14.4. The van der Waals surface area contributed by atoms with Gasteiger partial charge in [-0.2, -0.15) is 0 Å². The van der Waals surface area contributed by atoms with Crippen LogP contribution in [0.4, 0.5) is 16.2 Å². The second-order valence-electron chi connectivity index (χ2n) is 5.81. The molecular formula is C19H20ClN3O3. The molecule has 0 unspecified atom stereocenters. The van der Waals surface area contributed by atoms with Crippen LogP contribution in [0.2, 0.25) is 5.02 Å². The van der Waals surface area contributed by atoms with Gasteiger partial charge in [0.2, 0.25) is 5.91 Å². The molecule has 1 aliphatic rings. The van der Waals surface area contributed by atoms with E-state index in [1.807, 2.05) is 19.1 Å². The van der Waals surface area contributed by atoms with Crippen LogP contribution in [-0.2, 0) is 4.79 Å². The molecule has 0 spiro atoms. The van der Waals surface area contributed by atoms with Crippen molar-refractivity contribution in [3.05, 3.63) is 53.6 Å². The second kappa shape index (κ2) is 8.10. The lowest BCUT2D eigenvalue weighted by molar-refractivity contribution is -0.116. The highest BCUT2D eigenvalue weighted by molar-refractivity contribution is 6.30. The van der Waals surface area contributed by atoms with Gasteiger partial charge >= 0.3 is 6.03 Å². The lowest BCUT2D eigenvalue weighted by Crippen LogP contribution is -2.37. The number of benzene rings is 2. The van der Waals surface area contributed by atoms with Crippen LogP contribution in [0, 0.1) is 0 Å². The smallest absolute Gasteiger partial charge is 0.325 e. The molecular weight excluding hydrogens is 354 g/mol. The third-order valence-corrected chi connectivity index (χ3v) is 4.28. The van der Waals surface area contributed by atoms with Crippen molar-refractivity contribution in [1.29, 1.82) is 0 Å². The molecule has 0 aliphatic carbocycles. The zero-order valence-corrected chi connectivity index (χ0v) is 15.2. The van der Waals surface area contributed by atoms with Crippen molar-refractivity contribution in [3.8, 4) is 5.75 Å². The molecule has 3 amide bonds. The topological polar surface area (TPSA) is 61.9 Å². The molecule has 7 heteroatoms. The number of halogens is 1. The largest absolute Gasteiger partial charge is 0.492 e. The van der Waals surface area contributed by atoms with E-state index in [0.717, 1.165) is 5.69 Å². The van der Waals surface area contributed by atoms with E-state index in [4.69, 9.17) is 16.3 Å². The standard InChI is InChI=1S/C19H20ClN3O3/c1-2-26-17-6-4-3-5-16(17)21-18(24)13-22-11-12-23(19(22)25)15-9-7-14(20)8-10-15/h3-10H,2,11-13H2,1H3,(H,21,24). The number of ether oxygens (including phenoxy) is 1. The van der Waals surface area contributed by atoms with Gasteiger partial charge in [0.1, 0.15) is 12.3 Å². The van der Waals surface area contributed by atoms with Gasteiger partial charge in [0.15, 0.2) is 0 Å². The van der Waals surface area contributed by atoms with Gasteiger partial charge in [-0.3, -0.25) is 9.69 Å². The van der Waals surface area contributed by atoms with Crippen LogP contribution >= 0.6 is 11.6 Å². The lowest BCUT2D eigenvalue weighted by Gasteiger charge is -2.19. The summed E-state index contributed by atoms with van der Waals surface area (Å²) in [6.07, 6.45) is 0. The Kier molecular flexibility index (Phi) is 5.63. The van der Waals surface area contributed by atoms with Gasteiger partial charge in [-0.25, -0.2) is 4.79 Å². The highest BCUT2D eigenvalue weighted by Crippen LogP contribution is 2.25. The van der Waals surface area contributed by atoms with Crippen LogP contribution < -0.4 is 15.0 Å². The van der Waals surface area contributed by atoms with Gasteiger partial charge in [-0.05, 0) is 43.3 Å². The zero-order chi connectivity index (χ0) is 18.5. The molecule has 2 aromatic rings. The summed E-state index contributed by atoms with van der Waals surface area (Å²) in [6, 6.07) is 14.1. The average Bonchev–Trinajstić information content (AvgIpc) is 2.98. The number of hydrogen-bond donors (Lipinski definition) is 1. The summed E-state index contributed by atoms with van der Waals surface area (Å²) in [6.45, 7) is 3.40. The molecule has 1 heterocycles. The molecule has 1 saturated heterocycles. The fourth-order valence-corrected chi connectivity index (χ4v) is 2.93. The number of nitrogens with zero attached hydrogens (tertiary/aromatic N) is 2. The van der Waals surface area contributed by atoms with E-state index in [2.05, 4.69) is 5.32 Å². The summed E-state index contributed by atoms with van der Waals surface area (Å²) in [5.41, 5.74) is 1.37. The van der Waals surface area contributed by atoms with Crippen LogP contribution in [0.5, 0.6) is 5.75 Å². The summed E-state index contributed by atoms with van der Waals surface area (Å²) in [4.78, 5) is 28.1. The molecule has 0 aromatic heterocycles. The van der Waals surface area contributed by atoms with Gasteiger partial charge in [-0.15, -0.1) is 0 Å². The Labute approximate surface area is 157 Å². The maximum absolute atomic E-state index is 12.6. The monoisotopic (exact) mass is 373 g/mol. The van der Waals surface area contributed by atoms with Crippen molar-refractivity contribution >= 4 is 34.9 Å². The normalized spacial score (nSPS) is 13.8. The second-order valence-corrected chi connectivity index (χ2v) is 6.25. The number of hydrogen-bond acceptors (Lipinski definition) is 3. The van der Waals surface area contributed by atoms with Crippen molar-refractivity contribution in [2.24, 2.45) is 0 Å². The molecule has 6 nitrogen and oxygen atoms in total. The van der Waals surface area contributed by atoms with Crippen molar-refractivity contribution in [2.45, 2.75) is 6.92 Å². The minimum absolute atomic E-state index is 0.0105. The van der Waals surface area contributed by atoms with E-state index < -0.39 is 0 Å². The third-order valence-electron chi connectivity index (χ3n) is 4.03. The van der Waals surface area contributed by atoms with Gasteiger partial charge in [0.05, 0.1) is 12.3 Å². The van der Waals surface area contributed by atoms with Crippen LogP contribution in [0.3, 0.4) is 0 Å². The fourth-order valence-electron chi connectivity index (χ4n) is 2.80. The molecule has 2 aromatic carbocycles. The van der Waals surface area contributed by atoms with Crippen LogP contribution in [0.15, 0.2) is 48.5 Å². The number of carbonyl (C=O) groups is 2. The maximum atomic E-state index is 12.6. The minimum Gasteiger partial charge on any atom is -0.492 e. The molecule has 0 atom stereocenters. The van der Waals surface area contributed by atoms with E-state index in [9.17, 15) is 9.59 Å². The summed E-state index contributed by atoms with van der Waals surface area (Å²) >= 11 is 5.89. The number of para-hydroxylation sites is 2. The predicted molar refractivity (Wildman–Crippen MR) is 102 cm³/mol. The van der Waals surface area contributed by atoms with Crippen molar-refractivity contribution in [1.82, 2.24) is 4.90 Å². The van der Waals surface area contributed by atoms with E-state index in [0.29, 0.717) is 36.2 Å². The van der Waals surface area contributed by atoms with Crippen LogP contribution in [0.1, 0.15) is 6.92 Å². The van der Waals surface area contributed by atoms with Crippen molar-refractivity contribution in [2.75, 3.05) is 36.5 Å². The van der Waals surface area contributed by atoms with Gasteiger partial charge < -0.3 is 15.0 Å². The van der Waals surface area contributed by atoms with Crippen LogP contribution in [-0.4, -0.2) is 43.1 Å². The first-order chi connectivity index (χ1) is 12.6. The Morgan fingerprint density at radius 1 is 1.15 bits per heavy atom. The molecule has 1 fully saturated rings. The summed E-state index contributed by atoms with van der Waals surface area (Å²) in [7, 11) is 0. The SMILES string of the molecule is CCOc1ccccc1NC(=O)CN1CCN(c2ccc(Cl)cc2)C1=O. The van der Waals surface area contributed by atoms with Crippen molar-refractivity contribution < 1.29 is 14.3 Å². The first kappa shape index (κ1) is 18.1. The molecule has 136 valence electrons. The lowest BCUT2D eigenvalue weighted by atomic mass is 10.3. The predicted octanol–water partition coefficient (Wildman–Crippen LogP) is 3.62. The number of amides is 3. The van der Waals surface area contributed by atoms with E-state index in [1.165, 1.54) is 4.90 Å². The summed E-state index contributed by atoms with van der Waals surface area (Å²) in [5, 5.41) is 3.43. The molecule has 3 rings (SSSR count). The van der Waals surface area contributed by atoms with Gasteiger partial charge in [0.25, 0.3) is 0 Å². The quantitative estimate of drug-likeness (QED) is 0.841. The Bertz CT molecular complexity index is 795. The molecule has 1 N–H and O–H groups in total. The minimum atomic E-state index is -0.261. The Hall–Kier alpha value is -2.73. The maximum Gasteiger partial charge on any atom is 0.325 e. The highest BCUT2D eigenvalue weighted by atomic mass is 35.5. The number of urea groups is 1. The molecule has 1 aliphatic heterocycles. The van der Waals surface area contributed by atoms with Gasteiger partial charge in [0, 0.05) is 23.8 Å². The Balaban J connectivity index is 1.62. The van der Waals surface area contributed by atoms with E-state index in [1.54, 1.807) is 41.3 Å². The number of anilines is 2.